The largest absolute Gasteiger partial charge is 0.447 e. The summed E-state index contributed by atoms with van der Waals surface area (Å²) in [6.07, 6.45) is 0.538. The van der Waals surface area contributed by atoms with Crippen molar-refractivity contribution in [3.05, 3.63) is 29.8 Å². The summed E-state index contributed by atoms with van der Waals surface area (Å²) in [6, 6.07) is 6.36. The van der Waals surface area contributed by atoms with Crippen LogP contribution in [0.1, 0.15) is 30.1 Å². The number of hydrogen-bond donors (Lipinski definition) is 1. The average Bonchev–Trinajstić information content (AvgIpc) is 3.04. The average molecular weight is 386 g/mol. The molecule has 28 heavy (non-hydrogen) atoms. The van der Waals surface area contributed by atoms with Crippen molar-refractivity contribution in [3.63, 3.8) is 0 Å². The van der Waals surface area contributed by atoms with Crippen LogP contribution >= 0.6 is 0 Å². The van der Waals surface area contributed by atoms with Gasteiger partial charge in [-0.1, -0.05) is 19.1 Å². The zero-order chi connectivity index (χ0) is 19.9. The van der Waals surface area contributed by atoms with E-state index in [9.17, 15) is 19.2 Å². The van der Waals surface area contributed by atoms with Crippen LogP contribution in [0.25, 0.3) is 0 Å². The number of para-hydroxylation sites is 1. The summed E-state index contributed by atoms with van der Waals surface area (Å²) in [5.41, 5.74) is 0.371. The highest BCUT2D eigenvalue weighted by atomic mass is 16.6. The summed E-state index contributed by atoms with van der Waals surface area (Å²) in [6.45, 7) is 3.67. The van der Waals surface area contributed by atoms with Gasteiger partial charge in [-0.2, -0.15) is 0 Å². The Morgan fingerprint density at radius 3 is 2.71 bits per heavy atom. The normalized spacial score (nSPS) is 24.8. The van der Waals surface area contributed by atoms with Crippen molar-refractivity contribution in [3.8, 4) is 0 Å². The van der Waals surface area contributed by atoms with Gasteiger partial charge < -0.3 is 9.64 Å². The molecule has 3 fully saturated rings. The van der Waals surface area contributed by atoms with E-state index >= 15 is 0 Å². The van der Waals surface area contributed by atoms with E-state index in [1.165, 1.54) is 4.90 Å². The molecule has 3 aliphatic heterocycles. The van der Waals surface area contributed by atoms with Gasteiger partial charge in [-0.15, -0.1) is 0 Å². The maximum atomic E-state index is 13.3. The lowest BCUT2D eigenvalue weighted by atomic mass is 9.92. The highest BCUT2D eigenvalue weighted by Gasteiger charge is 2.50. The Morgan fingerprint density at radius 2 is 1.96 bits per heavy atom. The highest BCUT2D eigenvalue weighted by molar-refractivity contribution is 6.09. The lowest BCUT2D eigenvalue weighted by molar-refractivity contribution is -0.120. The molecule has 148 valence electrons. The summed E-state index contributed by atoms with van der Waals surface area (Å²) in [5, 5.41) is 2.29. The number of hydrogen-bond acceptors (Lipinski definition) is 5. The quantitative estimate of drug-likeness (QED) is 0.841. The SMILES string of the molecule is CCC12COC(=O)N1CCN(C(=O)c1ccccc1N1CCC(=O)NC1=O)C2. The number of urea groups is 1. The molecular formula is C19H22N4O5. The molecule has 0 bridgehead atoms. The van der Waals surface area contributed by atoms with Gasteiger partial charge in [0.1, 0.15) is 6.61 Å². The molecule has 1 unspecified atom stereocenters. The van der Waals surface area contributed by atoms with Crippen molar-refractivity contribution in [1.29, 1.82) is 0 Å². The summed E-state index contributed by atoms with van der Waals surface area (Å²) in [7, 11) is 0. The van der Waals surface area contributed by atoms with Gasteiger partial charge in [-0.05, 0) is 18.6 Å². The number of cyclic esters (lactones) is 1. The number of rotatable bonds is 3. The Balaban J connectivity index is 1.60. The predicted molar refractivity (Wildman–Crippen MR) is 98.9 cm³/mol. The third kappa shape index (κ3) is 2.87. The van der Waals surface area contributed by atoms with Crippen molar-refractivity contribution in [2.45, 2.75) is 25.3 Å². The Labute approximate surface area is 162 Å². The van der Waals surface area contributed by atoms with E-state index in [0.29, 0.717) is 37.3 Å². The van der Waals surface area contributed by atoms with Crippen LogP contribution in [0.2, 0.25) is 0 Å². The maximum Gasteiger partial charge on any atom is 0.410 e. The molecule has 0 saturated carbocycles. The highest BCUT2D eigenvalue weighted by Crippen LogP contribution is 2.33. The van der Waals surface area contributed by atoms with Crippen LogP contribution in [0, 0.1) is 0 Å². The van der Waals surface area contributed by atoms with Crippen LogP contribution in [0.3, 0.4) is 0 Å². The third-order valence-electron chi connectivity index (χ3n) is 5.76. The second kappa shape index (κ2) is 6.81. The van der Waals surface area contributed by atoms with Gasteiger partial charge in [0.05, 0.1) is 16.8 Å². The number of imide groups is 1. The van der Waals surface area contributed by atoms with Gasteiger partial charge in [0, 0.05) is 32.6 Å². The zero-order valence-electron chi connectivity index (χ0n) is 15.6. The number of carbonyl (C=O) groups excluding carboxylic acids is 4. The van der Waals surface area contributed by atoms with E-state index in [0.717, 1.165) is 0 Å². The standard InChI is InChI=1S/C19H22N4O5/c1-2-19-11-21(9-10-23(19)18(27)28-12-19)16(25)13-5-3-4-6-14(13)22-8-7-15(24)20-17(22)26/h3-6H,2,7-12H2,1H3,(H,20,24,26). The van der Waals surface area contributed by atoms with Crippen LogP contribution in [0.5, 0.6) is 0 Å². The summed E-state index contributed by atoms with van der Waals surface area (Å²) in [4.78, 5) is 53.8. The number of ether oxygens (including phenoxy) is 1. The molecular weight excluding hydrogens is 364 g/mol. The third-order valence-corrected chi connectivity index (χ3v) is 5.76. The molecule has 1 atom stereocenters. The minimum atomic E-state index is -0.527. The van der Waals surface area contributed by atoms with Crippen molar-refractivity contribution < 1.29 is 23.9 Å². The molecule has 0 aliphatic carbocycles. The molecule has 1 N–H and O–H groups in total. The Bertz CT molecular complexity index is 856. The van der Waals surface area contributed by atoms with Crippen LogP contribution in [0.4, 0.5) is 15.3 Å². The topological polar surface area (TPSA) is 99.3 Å². The molecule has 5 amide bonds. The van der Waals surface area contributed by atoms with Crippen molar-refractivity contribution >= 4 is 29.6 Å². The number of piperazine rings is 1. The molecule has 0 spiro atoms. The van der Waals surface area contributed by atoms with E-state index in [2.05, 4.69) is 5.32 Å². The Morgan fingerprint density at radius 1 is 1.18 bits per heavy atom. The van der Waals surface area contributed by atoms with Crippen molar-refractivity contribution in [2.24, 2.45) is 0 Å². The van der Waals surface area contributed by atoms with Crippen LogP contribution in [-0.4, -0.2) is 72.1 Å². The van der Waals surface area contributed by atoms with Crippen LogP contribution in [-0.2, 0) is 9.53 Å². The minimum absolute atomic E-state index is 0.186. The number of amides is 5. The predicted octanol–water partition coefficient (Wildman–Crippen LogP) is 1.19. The lowest BCUT2D eigenvalue weighted by Crippen LogP contribution is -2.62. The minimum Gasteiger partial charge on any atom is -0.447 e. The van der Waals surface area contributed by atoms with E-state index in [-0.39, 0.29) is 37.5 Å². The summed E-state index contributed by atoms with van der Waals surface area (Å²) in [5.74, 6) is -0.524. The molecule has 3 saturated heterocycles. The fourth-order valence-corrected chi connectivity index (χ4v) is 4.09. The van der Waals surface area contributed by atoms with Gasteiger partial charge in [0.2, 0.25) is 5.91 Å². The number of anilines is 1. The van der Waals surface area contributed by atoms with Crippen molar-refractivity contribution in [2.75, 3.05) is 37.7 Å². The van der Waals surface area contributed by atoms with E-state index < -0.39 is 11.6 Å². The monoisotopic (exact) mass is 386 g/mol. The number of benzene rings is 1. The molecule has 1 aromatic rings. The van der Waals surface area contributed by atoms with Crippen LogP contribution in [0.15, 0.2) is 24.3 Å². The van der Waals surface area contributed by atoms with Gasteiger partial charge in [-0.3, -0.25) is 24.7 Å². The lowest BCUT2D eigenvalue weighted by Gasteiger charge is -2.44. The van der Waals surface area contributed by atoms with E-state index in [4.69, 9.17) is 4.74 Å². The summed E-state index contributed by atoms with van der Waals surface area (Å²) < 4.78 is 5.23. The molecule has 4 rings (SSSR count). The first-order valence-corrected chi connectivity index (χ1v) is 9.39. The van der Waals surface area contributed by atoms with Gasteiger partial charge >= 0.3 is 12.1 Å². The second-order valence-electron chi connectivity index (χ2n) is 7.28. The van der Waals surface area contributed by atoms with Gasteiger partial charge in [0.25, 0.3) is 5.91 Å². The smallest absolute Gasteiger partial charge is 0.410 e. The van der Waals surface area contributed by atoms with Crippen molar-refractivity contribution in [1.82, 2.24) is 15.1 Å². The van der Waals surface area contributed by atoms with Gasteiger partial charge in [-0.25, -0.2) is 9.59 Å². The molecule has 3 aliphatic rings. The number of fused-ring (bicyclic) bond motifs is 1. The number of nitrogens with one attached hydrogen (secondary N) is 1. The molecule has 0 aromatic heterocycles. The first kappa shape index (κ1) is 18.3. The zero-order valence-corrected chi connectivity index (χ0v) is 15.6. The Hall–Kier alpha value is -3.10. The van der Waals surface area contributed by atoms with Crippen LogP contribution < -0.4 is 10.2 Å². The maximum absolute atomic E-state index is 13.3. The number of carbonyl (C=O) groups is 4. The summed E-state index contributed by atoms with van der Waals surface area (Å²) >= 11 is 0. The Kier molecular flexibility index (Phi) is 4.44. The molecule has 3 heterocycles. The first-order chi connectivity index (χ1) is 13.4. The second-order valence-corrected chi connectivity index (χ2v) is 7.28. The fraction of sp³-hybridized carbons (Fsp3) is 0.474. The van der Waals surface area contributed by atoms with E-state index in [1.54, 1.807) is 34.1 Å². The van der Waals surface area contributed by atoms with Gasteiger partial charge in [0.15, 0.2) is 0 Å². The molecule has 9 heteroatoms. The molecule has 0 radical (unpaired) electrons. The molecule has 9 nitrogen and oxygen atoms in total. The first-order valence-electron chi connectivity index (χ1n) is 9.39. The van der Waals surface area contributed by atoms with E-state index in [1.807, 2.05) is 6.92 Å². The fourth-order valence-electron chi connectivity index (χ4n) is 4.09. The molecule has 1 aromatic carbocycles. The number of nitrogens with zero attached hydrogens (tertiary/aromatic N) is 3.